The molecule has 19 heavy (non-hydrogen) atoms. The first kappa shape index (κ1) is 13.2. The Hall–Kier alpha value is -2.21. The topological polar surface area (TPSA) is 81.0 Å². The van der Waals surface area contributed by atoms with Crippen molar-refractivity contribution in [2.24, 2.45) is 0 Å². The number of nitrogens with one attached hydrogen (secondary N) is 1. The lowest BCUT2D eigenvalue weighted by molar-refractivity contribution is -0.384. The highest BCUT2D eigenvalue weighted by molar-refractivity contribution is 6.29. The number of hydrogen-bond donors (Lipinski definition) is 1. The molecule has 0 radical (unpaired) electrons. The zero-order chi connectivity index (χ0) is 13.8. The fourth-order valence-corrected chi connectivity index (χ4v) is 1.68. The van der Waals surface area contributed by atoms with Gasteiger partial charge in [-0.1, -0.05) is 17.7 Å². The van der Waals surface area contributed by atoms with E-state index in [4.69, 9.17) is 11.6 Å². The van der Waals surface area contributed by atoms with Gasteiger partial charge in [0.25, 0.3) is 5.69 Å². The summed E-state index contributed by atoms with van der Waals surface area (Å²) < 4.78 is 0. The van der Waals surface area contributed by atoms with E-state index in [-0.39, 0.29) is 5.69 Å². The summed E-state index contributed by atoms with van der Waals surface area (Å²) in [4.78, 5) is 10.5. The summed E-state index contributed by atoms with van der Waals surface area (Å²) in [6, 6.07) is 8.23. The number of nitro benzene ring substituents is 1. The Labute approximate surface area is 114 Å². The van der Waals surface area contributed by atoms with Gasteiger partial charge in [0.15, 0.2) is 5.15 Å². The highest BCUT2D eigenvalue weighted by Gasteiger charge is 2.13. The molecule has 0 amide bonds. The molecular formula is C12H11ClN4O2. The number of hydrogen-bond acceptors (Lipinski definition) is 5. The molecule has 0 bridgehead atoms. The zero-order valence-corrected chi connectivity index (χ0v) is 10.9. The average molecular weight is 279 g/mol. The maximum atomic E-state index is 10.9. The van der Waals surface area contributed by atoms with E-state index < -0.39 is 4.92 Å². The van der Waals surface area contributed by atoms with E-state index in [0.29, 0.717) is 23.1 Å². The third-order valence-electron chi connectivity index (χ3n) is 2.50. The van der Waals surface area contributed by atoms with E-state index in [1.54, 1.807) is 24.3 Å². The van der Waals surface area contributed by atoms with Gasteiger partial charge < -0.3 is 5.32 Å². The molecule has 2 rings (SSSR count). The van der Waals surface area contributed by atoms with Gasteiger partial charge in [-0.2, -0.15) is 5.10 Å². The van der Waals surface area contributed by atoms with Gasteiger partial charge in [-0.3, -0.25) is 10.1 Å². The van der Waals surface area contributed by atoms with Crippen LogP contribution in [0.3, 0.4) is 0 Å². The SMILES string of the molecule is Cc1ccc([N+](=O)[O-])c(NCc2ccc(Cl)nn2)c1. The lowest BCUT2D eigenvalue weighted by atomic mass is 10.2. The predicted molar refractivity (Wildman–Crippen MR) is 72.2 cm³/mol. The third-order valence-corrected chi connectivity index (χ3v) is 2.70. The molecule has 0 unspecified atom stereocenters. The van der Waals surface area contributed by atoms with Crippen LogP contribution < -0.4 is 5.32 Å². The van der Waals surface area contributed by atoms with Crippen LogP contribution in [0.5, 0.6) is 0 Å². The summed E-state index contributed by atoms with van der Waals surface area (Å²) in [5, 5.41) is 21.8. The Kier molecular flexibility index (Phi) is 3.91. The molecule has 0 fully saturated rings. The first-order valence-corrected chi connectivity index (χ1v) is 5.91. The molecule has 1 aromatic heterocycles. The Morgan fingerprint density at radius 2 is 2.11 bits per heavy atom. The van der Waals surface area contributed by atoms with Crippen LogP contribution in [-0.4, -0.2) is 15.1 Å². The van der Waals surface area contributed by atoms with Crippen molar-refractivity contribution in [3.8, 4) is 0 Å². The van der Waals surface area contributed by atoms with Gasteiger partial charge in [0, 0.05) is 6.07 Å². The Bertz CT molecular complexity index is 601. The zero-order valence-electron chi connectivity index (χ0n) is 10.1. The van der Waals surface area contributed by atoms with E-state index in [9.17, 15) is 10.1 Å². The van der Waals surface area contributed by atoms with Crippen LogP contribution in [0.15, 0.2) is 30.3 Å². The Morgan fingerprint density at radius 3 is 2.74 bits per heavy atom. The number of nitro groups is 1. The summed E-state index contributed by atoms with van der Waals surface area (Å²) >= 11 is 5.63. The number of halogens is 1. The number of benzene rings is 1. The van der Waals surface area contributed by atoms with Crippen LogP contribution in [0, 0.1) is 17.0 Å². The maximum Gasteiger partial charge on any atom is 0.292 e. The first-order chi connectivity index (χ1) is 9.06. The number of aryl methyl sites for hydroxylation is 1. The molecule has 6 nitrogen and oxygen atoms in total. The fourth-order valence-electron chi connectivity index (χ4n) is 1.57. The van der Waals surface area contributed by atoms with Crippen LogP contribution in [-0.2, 0) is 6.54 Å². The van der Waals surface area contributed by atoms with Gasteiger partial charge in [-0.15, -0.1) is 5.10 Å². The molecule has 1 N–H and O–H groups in total. The van der Waals surface area contributed by atoms with Gasteiger partial charge in [0.05, 0.1) is 17.2 Å². The molecule has 0 atom stereocenters. The first-order valence-electron chi connectivity index (χ1n) is 5.53. The lowest BCUT2D eigenvalue weighted by Gasteiger charge is -2.07. The smallest absolute Gasteiger partial charge is 0.292 e. The van der Waals surface area contributed by atoms with Crippen molar-refractivity contribution < 1.29 is 4.92 Å². The minimum absolute atomic E-state index is 0.0347. The highest BCUT2D eigenvalue weighted by atomic mass is 35.5. The van der Waals surface area contributed by atoms with Crippen LogP contribution in [0.25, 0.3) is 0 Å². The van der Waals surface area contributed by atoms with E-state index in [0.717, 1.165) is 5.56 Å². The molecule has 98 valence electrons. The molecule has 7 heteroatoms. The molecule has 1 heterocycles. The summed E-state index contributed by atoms with van der Waals surface area (Å²) in [5.41, 5.74) is 2.09. The minimum Gasteiger partial charge on any atom is -0.374 e. The van der Waals surface area contributed by atoms with E-state index in [1.807, 2.05) is 6.92 Å². The van der Waals surface area contributed by atoms with Crippen LogP contribution in [0.4, 0.5) is 11.4 Å². The van der Waals surface area contributed by atoms with E-state index >= 15 is 0 Å². The van der Waals surface area contributed by atoms with Crippen molar-refractivity contribution in [2.45, 2.75) is 13.5 Å². The largest absolute Gasteiger partial charge is 0.374 e. The minimum atomic E-state index is -0.421. The van der Waals surface area contributed by atoms with Crippen LogP contribution in [0.2, 0.25) is 5.15 Å². The van der Waals surface area contributed by atoms with E-state index in [2.05, 4.69) is 15.5 Å². The standard InChI is InChI=1S/C12H11ClN4O2/c1-8-2-4-11(17(18)19)10(6-8)14-7-9-3-5-12(13)16-15-9/h2-6,14H,7H2,1H3. The average Bonchev–Trinajstić information content (AvgIpc) is 2.38. The monoisotopic (exact) mass is 278 g/mol. The van der Waals surface area contributed by atoms with Gasteiger partial charge >= 0.3 is 0 Å². The van der Waals surface area contributed by atoms with Crippen molar-refractivity contribution >= 4 is 23.0 Å². The molecular weight excluding hydrogens is 268 g/mol. The molecule has 0 spiro atoms. The molecule has 2 aromatic rings. The van der Waals surface area contributed by atoms with Gasteiger partial charge in [0.1, 0.15) is 5.69 Å². The second-order valence-electron chi connectivity index (χ2n) is 3.98. The lowest BCUT2D eigenvalue weighted by Crippen LogP contribution is -2.05. The number of nitrogens with zero attached hydrogens (tertiary/aromatic N) is 3. The quantitative estimate of drug-likeness (QED) is 0.687. The Balaban J connectivity index is 2.16. The van der Waals surface area contributed by atoms with Gasteiger partial charge in [-0.05, 0) is 30.7 Å². The summed E-state index contributed by atoms with van der Waals surface area (Å²) in [6.45, 7) is 2.21. The molecule has 0 aliphatic heterocycles. The number of aromatic nitrogens is 2. The van der Waals surface area contributed by atoms with Crippen molar-refractivity contribution in [1.82, 2.24) is 10.2 Å². The van der Waals surface area contributed by atoms with Crippen molar-refractivity contribution in [2.75, 3.05) is 5.32 Å². The van der Waals surface area contributed by atoms with Crippen molar-refractivity contribution in [3.63, 3.8) is 0 Å². The van der Waals surface area contributed by atoms with E-state index in [1.165, 1.54) is 6.07 Å². The normalized spacial score (nSPS) is 10.2. The number of rotatable bonds is 4. The third kappa shape index (κ3) is 3.38. The molecule has 0 saturated carbocycles. The molecule has 0 aliphatic carbocycles. The summed E-state index contributed by atoms with van der Waals surface area (Å²) in [7, 11) is 0. The molecule has 1 aromatic carbocycles. The molecule has 0 saturated heterocycles. The second-order valence-corrected chi connectivity index (χ2v) is 4.37. The van der Waals surface area contributed by atoms with Crippen LogP contribution >= 0.6 is 11.6 Å². The van der Waals surface area contributed by atoms with Crippen LogP contribution in [0.1, 0.15) is 11.3 Å². The van der Waals surface area contributed by atoms with Crippen molar-refractivity contribution in [3.05, 3.63) is 56.9 Å². The van der Waals surface area contributed by atoms with Gasteiger partial charge in [0.2, 0.25) is 0 Å². The molecule has 0 aliphatic rings. The summed E-state index contributed by atoms with van der Waals surface area (Å²) in [6.07, 6.45) is 0. The summed E-state index contributed by atoms with van der Waals surface area (Å²) in [5.74, 6) is 0. The maximum absolute atomic E-state index is 10.9. The highest BCUT2D eigenvalue weighted by Crippen LogP contribution is 2.25. The van der Waals surface area contributed by atoms with Crippen molar-refractivity contribution in [1.29, 1.82) is 0 Å². The van der Waals surface area contributed by atoms with Gasteiger partial charge in [-0.25, -0.2) is 0 Å². The fraction of sp³-hybridized carbons (Fsp3) is 0.167. The second kappa shape index (κ2) is 5.62. The predicted octanol–water partition coefficient (Wildman–Crippen LogP) is 2.96. The number of anilines is 1. The Morgan fingerprint density at radius 1 is 1.32 bits per heavy atom.